The van der Waals surface area contributed by atoms with Crippen LogP contribution >= 0.6 is 11.8 Å². The molecule has 0 aliphatic carbocycles. The third-order valence-electron chi connectivity index (χ3n) is 2.59. The molecule has 0 aromatic heterocycles. The highest BCUT2D eigenvalue weighted by Crippen LogP contribution is 2.11. The van der Waals surface area contributed by atoms with E-state index in [-0.39, 0.29) is 12.3 Å². The summed E-state index contributed by atoms with van der Waals surface area (Å²) in [5, 5.41) is 11.3. The van der Waals surface area contributed by atoms with Crippen molar-refractivity contribution in [3.05, 3.63) is 29.8 Å². The molecule has 0 unspecified atom stereocenters. The lowest BCUT2D eigenvalue weighted by molar-refractivity contribution is -0.136. The number of hydrogen-bond acceptors (Lipinski definition) is 4. The zero-order valence-electron chi connectivity index (χ0n) is 11.4. The molecule has 1 aromatic rings. The van der Waals surface area contributed by atoms with Crippen LogP contribution < -0.4 is 10.1 Å². The second kappa shape index (κ2) is 9.25. The van der Waals surface area contributed by atoms with Gasteiger partial charge in [0.2, 0.25) is 5.91 Å². The Bertz CT molecular complexity index is 433. The summed E-state index contributed by atoms with van der Waals surface area (Å²) >= 11 is 1.33. The van der Waals surface area contributed by atoms with Crippen molar-refractivity contribution in [2.45, 2.75) is 12.8 Å². The molecule has 2 N–H and O–H groups in total. The first kappa shape index (κ1) is 16.4. The second-order valence-corrected chi connectivity index (χ2v) is 5.25. The topological polar surface area (TPSA) is 75.6 Å². The summed E-state index contributed by atoms with van der Waals surface area (Å²) in [6.45, 7) is 0.574. The van der Waals surface area contributed by atoms with Crippen molar-refractivity contribution in [2.24, 2.45) is 0 Å². The minimum Gasteiger partial charge on any atom is -0.497 e. The summed E-state index contributed by atoms with van der Waals surface area (Å²) in [5.74, 6) is 0.677. The van der Waals surface area contributed by atoms with Crippen LogP contribution in [0.4, 0.5) is 0 Å². The molecule has 5 nitrogen and oxygen atoms in total. The Labute approximate surface area is 122 Å². The van der Waals surface area contributed by atoms with E-state index < -0.39 is 5.97 Å². The number of ether oxygens (including phenoxy) is 1. The highest BCUT2D eigenvalue weighted by molar-refractivity contribution is 7.99. The third kappa shape index (κ3) is 7.04. The number of carboxylic acid groups (broad SMARTS) is 1. The van der Waals surface area contributed by atoms with Gasteiger partial charge < -0.3 is 15.2 Å². The molecule has 0 atom stereocenters. The van der Waals surface area contributed by atoms with E-state index in [0.717, 1.165) is 17.7 Å². The number of aliphatic carboxylic acids is 1. The van der Waals surface area contributed by atoms with Crippen LogP contribution in [0.1, 0.15) is 12.0 Å². The summed E-state index contributed by atoms with van der Waals surface area (Å²) < 4.78 is 5.07. The molecule has 0 spiro atoms. The van der Waals surface area contributed by atoms with Gasteiger partial charge in [0, 0.05) is 12.3 Å². The first-order valence-electron chi connectivity index (χ1n) is 6.31. The number of nitrogens with one attached hydrogen (secondary N) is 1. The number of carboxylic acids is 1. The Morgan fingerprint density at radius 1 is 1.30 bits per heavy atom. The summed E-state index contributed by atoms with van der Waals surface area (Å²) in [4.78, 5) is 21.8. The Hall–Kier alpha value is -1.69. The third-order valence-corrected chi connectivity index (χ3v) is 3.55. The van der Waals surface area contributed by atoms with Gasteiger partial charge in [-0.15, -0.1) is 0 Å². The van der Waals surface area contributed by atoms with Crippen molar-refractivity contribution in [1.82, 2.24) is 5.32 Å². The fourth-order valence-electron chi connectivity index (χ4n) is 1.51. The molecule has 0 saturated heterocycles. The Morgan fingerprint density at radius 2 is 2.00 bits per heavy atom. The van der Waals surface area contributed by atoms with Crippen molar-refractivity contribution in [2.75, 3.05) is 25.2 Å². The molecule has 0 radical (unpaired) electrons. The van der Waals surface area contributed by atoms with Crippen LogP contribution in [0, 0.1) is 0 Å². The molecule has 0 bridgehead atoms. The molecule has 1 amide bonds. The van der Waals surface area contributed by atoms with Crippen molar-refractivity contribution >= 4 is 23.6 Å². The van der Waals surface area contributed by atoms with E-state index in [1.807, 2.05) is 24.3 Å². The smallest absolute Gasteiger partial charge is 0.304 e. The summed E-state index contributed by atoms with van der Waals surface area (Å²) in [6, 6.07) is 7.71. The maximum Gasteiger partial charge on any atom is 0.304 e. The van der Waals surface area contributed by atoms with Crippen LogP contribution in [0.25, 0.3) is 0 Å². The molecule has 0 aliphatic heterocycles. The summed E-state index contributed by atoms with van der Waals surface area (Å²) in [5.41, 5.74) is 1.13. The van der Waals surface area contributed by atoms with Crippen molar-refractivity contribution in [3.8, 4) is 5.75 Å². The minimum atomic E-state index is -0.836. The number of amides is 1. The first-order valence-corrected chi connectivity index (χ1v) is 7.46. The predicted molar refractivity (Wildman–Crippen MR) is 79.3 cm³/mol. The van der Waals surface area contributed by atoms with Crippen LogP contribution in [0.3, 0.4) is 0 Å². The lowest BCUT2D eigenvalue weighted by Crippen LogP contribution is -2.27. The SMILES string of the molecule is COc1ccc(CCNC(=O)CSCCC(=O)O)cc1. The average Bonchev–Trinajstić information content (AvgIpc) is 2.44. The predicted octanol–water partition coefficient (Wildman–Crippen LogP) is 1.56. The van der Waals surface area contributed by atoms with E-state index in [9.17, 15) is 9.59 Å². The zero-order valence-corrected chi connectivity index (χ0v) is 12.2. The largest absolute Gasteiger partial charge is 0.497 e. The summed E-state index contributed by atoms with van der Waals surface area (Å²) in [7, 11) is 1.62. The number of rotatable bonds is 9. The Balaban J connectivity index is 2.13. The average molecular weight is 297 g/mol. The molecule has 110 valence electrons. The van der Waals surface area contributed by atoms with E-state index in [4.69, 9.17) is 9.84 Å². The fraction of sp³-hybridized carbons (Fsp3) is 0.429. The molecule has 0 fully saturated rings. The number of methoxy groups -OCH3 is 1. The van der Waals surface area contributed by atoms with Gasteiger partial charge >= 0.3 is 5.97 Å². The van der Waals surface area contributed by atoms with Gasteiger partial charge in [0.15, 0.2) is 0 Å². The molecule has 6 heteroatoms. The van der Waals surface area contributed by atoms with E-state index in [0.29, 0.717) is 18.1 Å². The number of thioether (sulfide) groups is 1. The number of carbonyl (C=O) groups excluding carboxylic acids is 1. The van der Waals surface area contributed by atoms with Crippen molar-refractivity contribution < 1.29 is 19.4 Å². The fourth-order valence-corrected chi connectivity index (χ4v) is 2.26. The van der Waals surface area contributed by atoms with Gasteiger partial charge in [0.05, 0.1) is 19.3 Å². The number of benzene rings is 1. The van der Waals surface area contributed by atoms with E-state index >= 15 is 0 Å². The van der Waals surface area contributed by atoms with Crippen LogP contribution in [-0.4, -0.2) is 42.1 Å². The summed E-state index contributed by atoms with van der Waals surface area (Å²) in [6.07, 6.45) is 0.847. The molecule has 0 heterocycles. The van der Waals surface area contributed by atoms with Gasteiger partial charge in [0.1, 0.15) is 5.75 Å². The van der Waals surface area contributed by atoms with Gasteiger partial charge in [-0.3, -0.25) is 9.59 Å². The maximum atomic E-state index is 11.5. The van der Waals surface area contributed by atoms with Gasteiger partial charge in [0.25, 0.3) is 0 Å². The molecule has 0 aliphatic rings. The van der Waals surface area contributed by atoms with Gasteiger partial charge in [-0.05, 0) is 24.1 Å². The van der Waals surface area contributed by atoms with Gasteiger partial charge in [-0.25, -0.2) is 0 Å². The monoisotopic (exact) mass is 297 g/mol. The Kier molecular flexibility index (Phi) is 7.57. The van der Waals surface area contributed by atoms with Crippen LogP contribution in [0.5, 0.6) is 5.75 Å². The molecular formula is C14H19NO4S. The second-order valence-electron chi connectivity index (χ2n) is 4.14. The lowest BCUT2D eigenvalue weighted by Gasteiger charge is -2.06. The van der Waals surface area contributed by atoms with Gasteiger partial charge in [-0.2, -0.15) is 11.8 Å². The lowest BCUT2D eigenvalue weighted by atomic mass is 10.1. The Morgan fingerprint density at radius 3 is 2.60 bits per heavy atom. The molecule has 0 saturated carbocycles. The van der Waals surface area contributed by atoms with Crippen LogP contribution in [0.2, 0.25) is 0 Å². The van der Waals surface area contributed by atoms with Crippen molar-refractivity contribution in [1.29, 1.82) is 0 Å². The maximum absolute atomic E-state index is 11.5. The first-order chi connectivity index (χ1) is 9.61. The van der Waals surface area contributed by atoms with Crippen LogP contribution in [0.15, 0.2) is 24.3 Å². The minimum absolute atomic E-state index is 0.0612. The number of carbonyl (C=O) groups is 2. The van der Waals surface area contributed by atoms with Crippen molar-refractivity contribution in [3.63, 3.8) is 0 Å². The van der Waals surface area contributed by atoms with E-state index in [2.05, 4.69) is 5.32 Å². The highest BCUT2D eigenvalue weighted by atomic mass is 32.2. The molecule has 1 rings (SSSR count). The quantitative estimate of drug-likeness (QED) is 0.677. The standard InChI is InChI=1S/C14H19NO4S/c1-19-12-4-2-11(3-5-12)6-8-15-13(16)10-20-9-7-14(17)18/h2-5H,6-10H2,1H3,(H,15,16)(H,17,18). The van der Waals surface area contributed by atoms with E-state index in [1.165, 1.54) is 11.8 Å². The normalized spacial score (nSPS) is 10.1. The molecular weight excluding hydrogens is 278 g/mol. The van der Waals surface area contributed by atoms with Crippen LogP contribution in [-0.2, 0) is 16.0 Å². The van der Waals surface area contributed by atoms with E-state index in [1.54, 1.807) is 7.11 Å². The molecule has 1 aromatic carbocycles. The zero-order chi connectivity index (χ0) is 14.8. The molecule has 20 heavy (non-hydrogen) atoms. The number of hydrogen-bond donors (Lipinski definition) is 2. The van der Waals surface area contributed by atoms with Gasteiger partial charge in [-0.1, -0.05) is 12.1 Å². The highest BCUT2D eigenvalue weighted by Gasteiger charge is 2.03.